The second-order valence-electron chi connectivity index (χ2n) is 4.74. The molecule has 0 heterocycles. The van der Waals surface area contributed by atoms with Crippen LogP contribution in [0.5, 0.6) is 0 Å². The highest BCUT2D eigenvalue weighted by Gasteiger charge is 2.04. The molecule has 0 aromatic rings. The molecule has 0 spiro atoms. The van der Waals surface area contributed by atoms with Crippen LogP contribution in [0.25, 0.3) is 0 Å². The average Bonchev–Trinajstić information content (AvgIpc) is 2.01. The van der Waals surface area contributed by atoms with Crippen LogP contribution in [0.1, 0.15) is 53.9 Å². The molecule has 0 aliphatic carbocycles. The fourth-order valence-corrected chi connectivity index (χ4v) is 1.74. The third-order valence-corrected chi connectivity index (χ3v) is 2.38. The van der Waals surface area contributed by atoms with E-state index in [1.54, 1.807) is 0 Å². The van der Waals surface area contributed by atoms with E-state index in [1.165, 1.54) is 19.3 Å². The first kappa shape index (κ1) is 12.7. The summed E-state index contributed by atoms with van der Waals surface area (Å²) in [6.07, 6.45) is 8.73. The Hall–Kier alpha value is -0.260. The van der Waals surface area contributed by atoms with Gasteiger partial charge >= 0.3 is 0 Å². The van der Waals surface area contributed by atoms with Crippen LogP contribution >= 0.6 is 0 Å². The van der Waals surface area contributed by atoms with Crippen LogP contribution in [-0.4, -0.2) is 0 Å². The lowest BCUT2D eigenvalue weighted by Crippen LogP contribution is -2.00. The van der Waals surface area contributed by atoms with Crippen molar-refractivity contribution in [3.05, 3.63) is 12.2 Å². The second-order valence-corrected chi connectivity index (χ2v) is 4.74. The van der Waals surface area contributed by atoms with E-state index >= 15 is 0 Å². The highest BCUT2D eigenvalue weighted by atomic mass is 14.1. The Bertz CT molecular complexity index is 133. The van der Waals surface area contributed by atoms with E-state index in [0.717, 1.165) is 11.8 Å². The monoisotopic (exact) mass is 182 g/mol. The van der Waals surface area contributed by atoms with Gasteiger partial charge < -0.3 is 0 Å². The van der Waals surface area contributed by atoms with Crippen molar-refractivity contribution in [1.82, 2.24) is 0 Å². The number of rotatable bonds is 6. The maximum Gasteiger partial charge on any atom is -0.0259 e. The Morgan fingerprint density at radius 1 is 1.00 bits per heavy atom. The van der Waals surface area contributed by atoms with Crippen LogP contribution in [0.15, 0.2) is 12.2 Å². The zero-order valence-electron chi connectivity index (χ0n) is 10.0. The summed E-state index contributed by atoms with van der Waals surface area (Å²) in [6.45, 7) is 11.4. The molecule has 0 N–H and O–H groups in total. The van der Waals surface area contributed by atoms with E-state index < -0.39 is 0 Å². The smallest absolute Gasteiger partial charge is 0.0259 e. The van der Waals surface area contributed by atoms with Crippen molar-refractivity contribution in [2.75, 3.05) is 0 Å². The van der Waals surface area contributed by atoms with Gasteiger partial charge in [-0.15, -0.1) is 0 Å². The minimum absolute atomic E-state index is 0.698. The van der Waals surface area contributed by atoms with E-state index in [9.17, 15) is 0 Å². The lowest BCUT2D eigenvalue weighted by atomic mass is 9.93. The van der Waals surface area contributed by atoms with Crippen LogP contribution in [0.3, 0.4) is 0 Å². The molecule has 0 saturated heterocycles. The van der Waals surface area contributed by atoms with Gasteiger partial charge in [0.25, 0.3) is 0 Å². The standard InChI is InChI=1S/C13H26/c1-6-7-12(4)10-13(5)9-8-11(2)3/h8-9,11-13H,6-7,10H2,1-5H3. The van der Waals surface area contributed by atoms with Crippen molar-refractivity contribution in [3.8, 4) is 0 Å². The number of hydrogen-bond acceptors (Lipinski definition) is 0. The van der Waals surface area contributed by atoms with Crippen LogP contribution < -0.4 is 0 Å². The van der Waals surface area contributed by atoms with Gasteiger partial charge in [0.2, 0.25) is 0 Å². The van der Waals surface area contributed by atoms with Gasteiger partial charge in [0.15, 0.2) is 0 Å². The lowest BCUT2D eigenvalue weighted by Gasteiger charge is -2.13. The van der Waals surface area contributed by atoms with Gasteiger partial charge in [-0.3, -0.25) is 0 Å². The summed E-state index contributed by atoms with van der Waals surface area (Å²) in [5.74, 6) is 2.34. The molecule has 2 unspecified atom stereocenters. The first-order valence-corrected chi connectivity index (χ1v) is 5.74. The van der Waals surface area contributed by atoms with Crippen LogP contribution in [-0.2, 0) is 0 Å². The van der Waals surface area contributed by atoms with Crippen molar-refractivity contribution in [2.45, 2.75) is 53.9 Å². The molecule has 2 atom stereocenters. The molecular weight excluding hydrogens is 156 g/mol. The molecule has 13 heavy (non-hydrogen) atoms. The summed E-state index contributed by atoms with van der Waals surface area (Å²) in [6, 6.07) is 0. The van der Waals surface area contributed by atoms with Crippen molar-refractivity contribution in [3.63, 3.8) is 0 Å². The van der Waals surface area contributed by atoms with Crippen molar-refractivity contribution in [1.29, 1.82) is 0 Å². The zero-order chi connectivity index (χ0) is 10.3. The molecule has 0 fully saturated rings. The van der Waals surface area contributed by atoms with E-state index in [0.29, 0.717) is 5.92 Å². The maximum atomic E-state index is 2.37. The molecule has 0 heteroatoms. The zero-order valence-corrected chi connectivity index (χ0v) is 10.0. The number of allylic oxidation sites excluding steroid dienone is 2. The molecule has 0 aromatic heterocycles. The molecular formula is C13H26. The van der Waals surface area contributed by atoms with Gasteiger partial charge in [-0.2, -0.15) is 0 Å². The average molecular weight is 182 g/mol. The third kappa shape index (κ3) is 8.08. The van der Waals surface area contributed by atoms with Crippen LogP contribution in [0.4, 0.5) is 0 Å². The lowest BCUT2D eigenvalue weighted by molar-refractivity contribution is 0.433. The maximum absolute atomic E-state index is 2.37. The summed E-state index contributed by atoms with van der Waals surface area (Å²) < 4.78 is 0. The molecule has 0 aliphatic heterocycles. The molecule has 0 aromatic carbocycles. The van der Waals surface area contributed by atoms with Gasteiger partial charge in [0.1, 0.15) is 0 Å². The fourth-order valence-electron chi connectivity index (χ4n) is 1.74. The SMILES string of the molecule is CCCC(C)CC(C)C=CC(C)C. The summed E-state index contributed by atoms with van der Waals surface area (Å²) in [7, 11) is 0. The van der Waals surface area contributed by atoms with Gasteiger partial charge in [0, 0.05) is 0 Å². The van der Waals surface area contributed by atoms with Gasteiger partial charge in [-0.1, -0.05) is 59.6 Å². The Morgan fingerprint density at radius 3 is 2.08 bits per heavy atom. The van der Waals surface area contributed by atoms with E-state index in [1.807, 2.05) is 0 Å². The number of hydrogen-bond donors (Lipinski definition) is 0. The highest BCUT2D eigenvalue weighted by molar-refractivity contribution is 4.88. The van der Waals surface area contributed by atoms with Crippen molar-refractivity contribution >= 4 is 0 Å². The molecule has 0 rings (SSSR count). The predicted octanol–water partition coefficient (Wildman–Crippen LogP) is 4.66. The first-order chi connectivity index (χ1) is 6.06. The Balaban J connectivity index is 3.66. The first-order valence-electron chi connectivity index (χ1n) is 5.74. The van der Waals surface area contributed by atoms with Gasteiger partial charge in [-0.25, -0.2) is 0 Å². The fraction of sp³-hybridized carbons (Fsp3) is 0.846. The molecule has 0 bridgehead atoms. The minimum atomic E-state index is 0.698. The minimum Gasteiger partial charge on any atom is -0.0857 e. The Labute approximate surface area is 84.4 Å². The van der Waals surface area contributed by atoms with Crippen LogP contribution in [0, 0.1) is 17.8 Å². The summed E-state index contributed by atoms with van der Waals surface area (Å²) in [4.78, 5) is 0. The van der Waals surface area contributed by atoms with Gasteiger partial charge in [0.05, 0.1) is 0 Å². The Morgan fingerprint density at radius 2 is 1.62 bits per heavy atom. The molecule has 0 aliphatic rings. The molecule has 0 saturated carbocycles. The Kier molecular flexibility index (Phi) is 7.03. The van der Waals surface area contributed by atoms with Crippen molar-refractivity contribution < 1.29 is 0 Å². The van der Waals surface area contributed by atoms with Crippen molar-refractivity contribution in [2.24, 2.45) is 17.8 Å². The summed E-state index contributed by atoms with van der Waals surface area (Å²) in [5.41, 5.74) is 0. The molecule has 0 radical (unpaired) electrons. The normalized spacial score (nSPS) is 16.8. The summed E-state index contributed by atoms with van der Waals surface area (Å²) in [5, 5.41) is 0. The largest absolute Gasteiger partial charge is 0.0857 e. The van der Waals surface area contributed by atoms with Gasteiger partial charge in [-0.05, 0) is 24.2 Å². The molecule has 0 amide bonds. The summed E-state index contributed by atoms with van der Waals surface area (Å²) >= 11 is 0. The van der Waals surface area contributed by atoms with E-state index in [4.69, 9.17) is 0 Å². The molecule has 78 valence electrons. The van der Waals surface area contributed by atoms with E-state index in [2.05, 4.69) is 46.8 Å². The topological polar surface area (TPSA) is 0 Å². The second kappa shape index (κ2) is 7.17. The van der Waals surface area contributed by atoms with E-state index in [-0.39, 0.29) is 0 Å². The molecule has 0 nitrogen and oxygen atoms in total. The quantitative estimate of drug-likeness (QED) is 0.524. The van der Waals surface area contributed by atoms with Crippen LogP contribution in [0.2, 0.25) is 0 Å². The predicted molar refractivity (Wildman–Crippen MR) is 61.8 cm³/mol. The highest BCUT2D eigenvalue weighted by Crippen LogP contribution is 2.17. The third-order valence-electron chi connectivity index (χ3n) is 2.38.